The monoisotopic (exact) mass is 649 g/mol. The number of aliphatic hydroxyl groups excluding tert-OH is 1. The van der Waals surface area contributed by atoms with Gasteiger partial charge in [-0.1, -0.05) is 74.5 Å². The molecule has 9 nitrogen and oxygen atoms in total. The van der Waals surface area contributed by atoms with Crippen molar-refractivity contribution in [1.82, 2.24) is 16.0 Å². The highest BCUT2D eigenvalue weighted by Gasteiger charge is 2.31. The molecular weight excluding hydrogens is 602 g/mol. The SMILES string of the molecule is CC(C)C[C@@H](NC(=O)[C@H](Cc1ccc(O)cc1)NC(=O)[C@H](Cc1ccccc1)NC(=O)OC(C)(C)C)[C@H](O)CSc1ccccc1. The van der Waals surface area contributed by atoms with E-state index in [0.717, 1.165) is 10.5 Å². The maximum Gasteiger partial charge on any atom is 0.408 e. The number of thioether (sulfide) groups is 1. The predicted molar refractivity (Wildman–Crippen MR) is 182 cm³/mol. The van der Waals surface area contributed by atoms with Crippen molar-refractivity contribution in [2.75, 3.05) is 5.75 Å². The number of ether oxygens (including phenoxy) is 1. The molecule has 0 aliphatic carbocycles. The minimum absolute atomic E-state index is 0.0781. The standard InChI is InChI=1S/C36H47N3O6S/c1-24(2)20-29(32(41)23-46-28-14-10-7-11-15-28)37-33(42)30(22-26-16-18-27(40)19-17-26)38-34(43)31(21-25-12-8-6-9-13-25)39-35(44)45-36(3,4)5/h6-19,24,29-32,40-41H,20-23H2,1-5H3,(H,37,42)(H,38,43)(H,39,44)/t29-,30+,31+,32-/m1/s1. The Hall–Kier alpha value is -4.02. The lowest BCUT2D eigenvalue weighted by molar-refractivity contribution is -0.130. The van der Waals surface area contributed by atoms with Crippen LogP contribution in [0.25, 0.3) is 0 Å². The molecule has 0 unspecified atom stereocenters. The van der Waals surface area contributed by atoms with Crippen molar-refractivity contribution in [3.05, 3.63) is 96.1 Å². The van der Waals surface area contributed by atoms with Crippen LogP contribution in [0.3, 0.4) is 0 Å². The fourth-order valence-corrected chi connectivity index (χ4v) is 5.72. The van der Waals surface area contributed by atoms with E-state index in [9.17, 15) is 24.6 Å². The molecule has 0 aliphatic rings. The average Bonchev–Trinajstić information content (AvgIpc) is 2.99. The van der Waals surface area contributed by atoms with Gasteiger partial charge in [0, 0.05) is 23.5 Å². The molecule has 0 fully saturated rings. The van der Waals surface area contributed by atoms with Crippen molar-refractivity contribution in [3.8, 4) is 5.75 Å². The summed E-state index contributed by atoms with van der Waals surface area (Å²) in [5, 5.41) is 29.5. The van der Waals surface area contributed by atoms with E-state index in [2.05, 4.69) is 16.0 Å². The van der Waals surface area contributed by atoms with Gasteiger partial charge in [0.05, 0.1) is 12.1 Å². The summed E-state index contributed by atoms with van der Waals surface area (Å²) >= 11 is 1.50. The number of rotatable bonds is 15. The molecule has 0 saturated heterocycles. The van der Waals surface area contributed by atoms with E-state index in [1.54, 1.807) is 32.9 Å². The van der Waals surface area contributed by atoms with E-state index < -0.39 is 47.7 Å². The van der Waals surface area contributed by atoms with Gasteiger partial charge in [0.15, 0.2) is 0 Å². The Kier molecular flexibility index (Phi) is 14.0. The molecule has 46 heavy (non-hydrogen) atoms. The van der Waals surface area contributed by atoms with E-state index in [1.165, 1.54) is 23.9 Å². The lowest BCUT2D eigenvalue weighted by atomic mass is 9.98. The van der Waals surface area contributed by atoms with Gasteiger partial charge in [-0.25, -0.2) is 4.79 Å². The third-order valence-electron chi connectivity index (χ3n) is 6.98. The second-order valence-electron chi connectivity index (χ2n) is 12.8. The van der Waals surface area contributed by atoms with E-state index in [1.807, 2.05) is 74.5 Å². The lowest BCUT2D eigenvalue weighted by Crippen LogP contribution is -2.57. The number of benzene rings is 3. The van der Waals surface area contributed by atoms with Crippen molar-refractivity contribution in [3.63, 3.8) is 0 Å². The van der Waals surface area contributed by atoms with Gasteiger partial charge in [0.2, 0.25) is 11.8 Å². The van der Waals surface area contributed by atoms with Crippen LogP contribution >= 0.6 is 11.8 Å². The van der Waals surface area contributed by atoms with Crippen molar-refractivity contribution >= 4 is 29.7 Å². The molecule has 3 aromatic carbocycles. The molecule has 0 heterocycles. The smallest absolute Gasteiger partial charge is 0.408 e. The second kappa shape index (κ2) is 17.6. The highest BCUT2D eigenvalue weighted by molar-refractivity contribution is 7.99. The predicted octanol–water partition coefficient (Wildman–Crippen LogP) is 5.24. The first-order valence-corrected chi connectivity index (χ1v) is 16.6. The van der Waals surface area contributed by atoms with Crippen LogP contribution in [-0.4, -0.2) is 63.7 Å². The highest BCUT2D eigenvalue weighted by atomic mass is 32.2. The van der Waals surface area contributed by atoms with Gasteiger partial charge in [-0.2, -0.15) is 0 Å². The van der Waals surface area contributed by atoms with Crippen LogP contribution < -0.4 is 16.0 Å². The summed E-state index contributed by atoms with van der Waals surface area (Å²) in [7, 11) is 0. The summed E-state index contributed by atoms with van der Waals surface area (Å²) < 4.78 is 5.42. The first-order valence-electron chi connectivity index (χ1n) is 15.6. The Labute approximate surface area is 276 Å². The number of aromatic hydroxyl groups is 1. The quantitative estimate of drug-likeness (QED) is 0.142. The van der Waals surface area contributed by atoms with E-state index in [4.69, 9.17) is 4.74 Å². The topological polar surface area (TPSA) is 137 Å². The van der Waals surface area contributed by atoms with Crippen molar-refractivity contribution in [1.29, 1.82) is 0 Å². The first-order chi connectivity index (χ1) is 21.8. The molecule has 0 aliphatic heterocycles. The number of alkyl carbamates (subject to hydrolysis) is 1. The molecule has 0 bridgehead atoms. The van der Waals surface area contributed by atoms with Crippen LogP contribution in [0.15, 0.2) is 89.8 Å². The van der Waals surface area contributed by atoms with Gasteiger partial charge in [-0.05, 0) is 68.5 Å². The van der Waals surface area contributed by atoms with Crippen LogP contribution in [0.5, 0.6) is 5.75 Å². The molecule has 0 aromatic heterocycles. The minimum atomic E-state index is -1.04. The number of phenolic OH excluding ortho intramolecular Hbond substituents is 1. The first kappa shape index (κ1) is 36.4. The lowest BCUT2D eigenvalue weighted by Gasteiger charge is -2.29. The number of nitrogens with one attached hydrogen (secondary N) is 3. The fourth-order valence-electron chi connectivity index (χ4n) is 4.78. The maximum absolute atomic E-state index is 13.9. The van der Waals surface area contributed by atoms with Gasteiger partial charge < -0.3 is 30.9 Å². The number of hydrogen-bond acceptors (Lipinski definition) is 7. The third kappa shape index (κ3) is 13.1. The van der Waals surface area contributed by atoms with Crippen molar-refractivity contribution in [2.45, 2.75) is 88.6 Å². The molecule has 248 valence electrons. The Balaban J connectivity index is 1.83. The molecule has 0 radical (unpaired) electrons. The molecule has 0 saturated carbocycles. The molecule has 5 N–H and O–H groups in total. The summed E-state index contributed by atoms with van der Waals surface area (Å²) in [6, 6.07) is 22.7. The Morgan fingerprint density at radius 2 is 1.28 bits per heavy atom. The summed E-state index contributed by atoms with van der Waals surface area (Å²) in [5.74, 6) is -0.398. The number of aliphatic hydroxyl groups is 1. The van der Waals surface area contributed by atoms with Crippen LogP contribution in [0.1, 0.15) is 52.2 Å². The summed E-state index contributed by atoms with van der Waals surface area (Å²) in [5.41, 5.74) is 0.748. The molecule has 10 heteroatoms. The van der Waals surface area contributed by atoms with Crippen LogP contribution in [0.4, 0.5) is 4.79 Å². The minimum Gasteiger partial charge on any atom is -0.508 e. The van der Waals surface area contributed by atoms with Crippen LogP contribution in [0, 0.1) is 5.92 Å². The zero-order valence-electron chi connectivity index (χ0n) is 27.2. The maximum atomic E-state index is 13.9. The number of hydrogen-bond donors (Lipinski definition) is 5. The van der Waals surface area contributed by atoms with Gasteiger partial charge in [-0.15, -0.1) is 11.8 Å². The summed E-state index contributed by atoms with van der Waals surface area (Å²) in [6.45, 7) is 9.23. The number of carbonyl (C=O) groups is 3. The van der Waals surface area contributed by atoms with Gasteiger partial charge >= 0.3 is 6.09 Å². The van der Waals surface area contributed by atoms with E-state index in [0.29, 0.717) is 17.7 Å². The van der Waals surface area contributed by atoms with Gasteiger partial charge in [0.25, 0.3) is 0 Å². The molecule has 3 rings (SSSR count). The molecular formula is C36H47N3O6S. The Morgan fingerprint density at radius 1 is 0.761 bits per heavy atom. The van der Waals surface area contributed by atoms with E-state index in [-0.39, 0.29) is 24.5 Å². The highest BCUT2D eigenvalue weighted by Crippen LogP contribution is 2.21. The largest absolute Gasteiger partial charge is 0.508 e. The molecule has 3 amide bonds. The number of phenols is 1. The molecule has 4 atom stereocenters. The zero-order chi connectivity index (χ0) is 33.7. The number of carbonyl (C=O) groups excluding carboxylic acids is 3. The Morgan fingerprint density at radius 3 is 1.85 bits per heavy atom. The van der Waals surface area contributed by atoms with Gasteiger partial charge in [-0.3, -0.25) is 9.59 Å². The Bertz CT molecular complexity index is 1380. The van der Waals surface area contributed by atoms with Crippen LogP contribution in [-0.2, 0) is 27.2 Å². The van der Waals surface area contributed by atoms with Gasteiger partial charge in [0.1, 0.15) is 23.4 Å². The molecule has 3 aromatic rings. The van der Waals surface area contributed by atoms with Crippen LogP contribution in [0.2, 0.25) is 0 Å². The average molecular weight is 650 g/mol. The zero-order valence-corrected chi connectivity index (χ0v) is 28.1. The van der Waals surface area contributed by atoms with Crippen molar-refractivity contribution < 1.29 is 29.3 Å². The third-order valence-corrected chi connectivity index (χ3v) is 8.09. The summed E-state index contributed by atoms with van der Waals surface area (Å²) in [6.07, 6.45) is -0.782. The fraction of sp³-hybridized carbons (Fsp3) is 0.417. The van der Waals surface area contributed by atoms with E-state index >= 15 is 0 Å². The second-order valence-corrected chi connectivity index (χ2v) is 13.8. The normalized spacial score (nSPS) is 14.1. The summed E-state index contributed by atoms with van der Waals surface area (Å²) in [4.78, 5) is 41.5. The number of amides is 3. The molecule has 0 spiro atoms. The van der Waals surface area contributed by atoms with Crippen molar-refractivity contribution in [2.24, 2.45) is 5.92 Å².